The molecule has 3 nitrogen and oxygen atoms in total. The zero-order chi connectivity index (χ0) is 13.1. The fourth-order valence-corrected chi connectivity index (χ4v) is 2.31. The molecule has 1 aromatic heterocycles. The number of aryl methyl sites for hydroxylation is 1. The molecule has 0 aliphatic rings. The molecule has 0 aliphatic heterocycles. The first kappa shape index (κ1) is 13.0. The van der Waals surface area contributed by atoms with Crippen LogP contribution in [0.3, 0.4) is 0 Å². The molecule has 1 unspecified atom stereocenters. The van der Waals surface area contributed by atoms with Crippen LogP contribution < -0.4 is 4.74 Å². The maximum absolute atomic E-state index is 13.2. The molecule has 1 heterocycles. The van der Waals surface area contributed by atoms with Gasteiger partial charge < -0.3 is 9.84 Å². The van der Waals surface area contributed by atoms with E-state index in [-0.39, 0.29) is 5.82 Å². The fraction of sp³-hybridized carbons (Fsp3) is 0.308. The number of hydrogen-bond donors (Lipinski definition) is 1. The second-order valence-corrected chi connectivity index (χ2v) is 5.31. The van der Waals surface area contributed by atoms with Gasteiger partial charge in [-0.3, -0.25) is 0 Å². The normalized spacial score (nSPS) is 12.4. The van der Waals surface area contributed by atoms with E-state index in [1.165, 1.54) is 29.5 Å². The highest BCUT2D eigenvalue weighted by molar-refractivity contribution is 7.11. The highest BCUT2D eigenvalue weighted by atomic mass is 32.1. The molecule has 0 spiro atoms. The van der Waals surface area contributed by atoms with Crippen molar-refractivity contribution in [2.75, 3.05) is 0 Å². The molecular weight excluding hydrogens is 253 g/mol. The number of nitrogens with zero attached hydrogens (tertiary/aromatic N) is 1. The van der Waals surface area contributed by atoms with Crippen LogP contribution in [0.15, 0.2) is 24.4 Å². The van der Waals surface area contributed by atoms with Gasteiger partial charge in [0.05, 0.1) is 16.0 Å². The van der Waals surface area contributed by atoms with Gasteiger partial charge in [-0.1, -0.05) is 0 Å². The lowest BCUT2D eigenvalue weighted by molar-refractivity contribution is 0.190. The fourth-order valence-electron chi connectivity index (χ4n) is 1.60. The molecule has 2 aromatic rings. The van der Waals surface area contributed by atoms with Gasteiger partial charge in [0.1, 0.15) is 18.2 Å². The van der Waals surface area contributed by atoms with Crippen LogP contribution in [0.5, 0.6) is 5.75 Å². The minimum absolute atomic E-state index is 0.328. The Morgan fingerprint density at radius 3 is 2.89 bits per heavy atom. The quantitative estimate of drug-likeness (QED) is 0.924. The molecule has 0 radical (unpaired) electrons. The summed E-state index contributed by atoms with van der Waals surface area (Å²) in [7, 11) is 0. The van der Waals surface area contributed by atoms with Crippen molar-refractivity contribution in [3.8, 4) is 5.75 Å². The lowest BCUT2D eigenvalue weighted by Crippen LogP contribution is -2.00. The second kappa shape index (κ2) is 5.46. The van der Waals surface area contributed by atoms with E-state index in [1.54, 1.807) is 13.1 Å². The van der Waals surface area contributed by atoms with Crippen LogP contribution >= 0.6 is 11.3 Å². The van der Waals surface area contributed by atoms with E-state index >= 15 is 0 Å². The highest BCUT2D eigenvalue weighted by Gasteiger charge is 2.11. The zero-order valence-corrected chi connectivity index (χ0v) is 11.0. The zero-order valence-electron chi connectivity index (χ0n) is 10.2. The standard InChI is InChI=1S/C13H14FNO2S/c1-8(16)12-4-3-10(14)5-13(12)17-7-11-6-15-9(2)18-11/h3-6,8,16H,7H2,1-2H3. The van der Waals surface area contributed by atoms with Crippen molar-refractivity contribution in [3.05, 3.63) is 45.7 Å². The first-order chi connectivity index (χ1) is 8.56. The van der Waals surface area contributed by atoms with Crippen molar-refractivity contribution >= 4 is 11.3 Å². The Hall–Kier alpha value is -1.46. The van der Waals surface area contributed by atoms with Crippen LogP contribution in [0.4, 0.5) is 4.39 Å². The molecule has 1 aromatic carbocycles. The van der Waals surface area contributed by atoms with Crippen molar-refractivity contribution < 1.29 is 14.2 Å². The highest BCUT2D eigenvalue weighted by Crippen LogP contribution is 2.27. The second-order valence-electron chi connectivity index (χ2n) is 3.99. The molecular formula is C13H14FNO2S. The summed E-state index contributed by atoms with van der Waals surface area (Å²) < 4.78 is 18.7. The Kier molecular flexibility index (Phi) is 3.93. The van der Waals surface area contributed by atoms with Crippen molar-refractivity contribution in [2.24, 2.45) is 0 Å². The number of hydrogen-bond acceptors (Lipinski definition) is 4. The van der Waals surface area contributed by atoms with Crippen LogP contribution in [-0.4, -0.2) is 10.1 Å². The molecule has 1 atom stereocenters. The van der Waals surface area contributed by atoms with E-state index in [4.69, 9.17) is 4.74 Å². The maximum Gasteiger partial charge on any atom is 0.128 e. The smallest absolute Gasteiger partial charge is 0.128 e. The maximum atomic E-state index is 13.2. The number of rotatable bonds is 4. The molecule has 0 saturated heterocycles. The molecule has 5 heteroatoms. The summed E-state index contributed by atoms with van der Waals surface area (Å²) in [6, 6.07) is 4.13. The van der Waals surface area contributed by atoms with Gasteiger partial charge in [-0.15, -0.1) is 11.3 Å². The van der Waals surface area contributed by atoms with E-state index in [9.17, 15) is 9.50 Å². The summed E-state index contributed by atoms with van der Waals surface area (Å²) in [5.41, 5.74) is 0.581. The summed E-state index contributed by atoms with van der Waals surface area (Å²) in [6.07, 6.45) is 1.05. The molecule has 0 bridgehead atoms. The van der Waals surface area contributed by atoms with E-state index in [2.05, 4.69) is 4.98 Å². The summed E-state index contributed by atoms with van der Waals surface area (Å²) in [5.74, 6) is -0.00839. The first-order valence-electron chi connectivity index (χ1n) is 5.58. The van der Waals surface area contributed by atoms with E-state index in [1.807, 2.05) is 6.92 Å². The lowest BCUT2D eigenvalue weighted by atomic mass is 10.1. The Labute approximate surface area is 109 Å². The molecule has 18 heavy (non-hydrogen) atoms. The van der Waals surface area contributed by atoms with Gasteiger partial charge in [0.15, 0.2) is 0 Å². The van der Waals surface area contributed by atoms with Crippen LogP contribution in [0.25, 0.3) is 0 Å². The molecule has 96 valence electrons. The molecule has 1 N–H and O–H groups in total. The predicted molar refractivity (Wildman–Crippen MR) is 68.2 cm³/mol. The van der Waals surface area contributed by atoms with Crippen molar-refractivity contribution in [3.63, 3.8) is 0 Å². The summed E-state index contributed by atoms with van der Waals surface area (Å²) in [6.45, 7) is 3.86. The lowest BCUT2D eigenvalue weighted by Gasteiger charge is -2.12. The van der Waals surface area contributed by atoms with Crippen LogP contribution in [-0.2, 0) is 6.61 Å². The number of aliphatic hydroxyl groups is 1. The van der Waals surface area contributed by atoms with Gasteiger partial charge in [-0.05, 0) is 26.0 Å². The number of halogens is 1. The van der Waals surface area contributed by atoms with Crippen molar-refractivity contribution in [1.82, 2.24) is 4.98 Å². The van der Waals surface area contributed by atoms with E-state index < -0.39 is 6.10 Å². The minimum atomic E-state index is -0.691. The monoisotopic (exact) mass is 267 g/mol. The molecule has 0 fully saturated rings. The number of aromatic nitrogens is 1. The largest absolute Gasteiger partial charge is 0.488 e. The number of aliphatic hydroxyl groups excluding tert-OH is 1. The number of ether oxygens (including phenoxy) is 1. The SMILES string of the molecule is Cc1ncc(COc2cc(F)ccc2C(C)O)s1. The molecule has 0 saturated carbocycles. The summed E-state index contributed by atoms with van der Waals surface area (Å²) >= 11 is 1.53. The van der Waals surface area contributed by atoms with Crippen LogP contribution in [0.1, 0.15) is 28.5 Å². The number of thiazole rings is 1. The van der Waals surface area contributed by atoms with Crippen molar-refractivity contribution in [1.29, 1.82) is 0 Å². The Balaban J connectivity index is 2.15. The molecule has 0 amide bonds. The van der Waals surface area contributed by atoms with Gasteiger partial charge >= 0.3 is 0 Å². The van der Waals surface area contributed by atoms with Gasteiger partial charge in [-0.2, -0.15) is 0 Å². The molecule has 0 aliphatic carbocycles. The average Bonchev–Trinajstić information content (AvgIpc) is 2.72. The van der Waals surface area contributed by atoms with Gasteiger partial charge in [0, 0.05) is 17.8 Å². The Bertz CT molecular complexity index is 540. The molecule has 2 rings (SSSR count). The minimum Gasteiger partial charge on any atom is -0.488 e. The van der Waals surface area contributed by atoms with Crippen LogP contribution in [0.2, 0.25) is 0 Å². The van der Waals surface area contributed by atoms with E-state index in [0.29, 0.717) is 17.9 Å². The van der Waals surface area contributed by atoms with Gasteiger partial charge in [0.2, 0.25) is 0 Å². The summed E-state index contributed by atoms with van der Waals surface area (Å²) in [5, 5.41) is 10.5. The first-order valence-corrected chi connectivity index (χ1v) is 6.39. The predicted octanol–water partition coefficient (Wildman–Crippen LogP) is 3.22. The number of benzene rings is 1. The topological polar surface area (TPSA) is 42.4 Å². The third-order valence-electron chi connectivity index (χ3n) is 2.46. The van der Waals surface area contributed by atoms with Gasteiger partial charge in [0.25, 0.3) is 0 Å². The van der Waals surface area contributed by atoms with E-state index in [0.717, 1.165) is 9.88 Å². The average molecular weight is 267 g/mol. The van der Waals surface area contributed by atoms with Crippen LogP contribution in [0, 0.1) is 12.7 Å². The Morgan fingerprint density at radius 2 is 2.28 bits per heavy atom. The van der Waals surface area contributed by atoms with Gasteiger partial charge in [-0.25, -0.2) is 9.37 Å². The third-order valence-corrected chi connectivity index (χ3v) is 3.35. The summed E-state index contributed by atoms with van der Waals surface area (Å²) in [4.78, 5) is 5.09. The third kappa shape index (κ3) is 3.05. The Morgan fingerprint density at radius 1 is 1.50 bits per heavy atom. The van der Waals surface area contributed by atoms with Crippen molar-refractivity contribution in [2.45, 2.75) is 26.6 Å².